The molecule has 3 nitrogen and oxygen atoms in total. The third-order valence-electron chi connectivity index (χ3n) is 2.42. The average Bonchev–Trinajstić information content (AvgIpc) is 2.28. The molecule has 0 fully saturated rings. The van der Waals surface area contributed by atoms with Crippen molar-refractivity contribution in [3.05, 3.63) is 35.4 Å². The lowest BCUT2D eigenvalue weighted by Gasteiger charge is -2.19. The largest absolute Gasteiger partial charge is 0.290 e. The number of Topliss-reactive ketones (excluding diaryl/α,β-unsaturated/α-hetero) is 1. The van der Waals surface area contributed by atoms with Crippen LogP contribution >= 0.6 is 27.5 Å². The minimum absolute atomic E-state index is 0.209. The van der Waals surface area contributed by atoms with Crippen LogP contribution in [0.4, 0.5) is 0 Å². The number of aryl methyl sites for hydroxylation is 1. The maximum Gasteiger partial charge on any atom is 0.261 e. The second-order valence-electron chi connectivity index (χ2n) is 3.56. The summed E-state index contributed by atoms with van der Waals surface area (Å²) in [5.74, 6) is -0.863. The van der Waals surface area contributed by atoms with Crippen LogP contribution in [0, 0.1) is 6.92 Å². The van der Waals surface area contributed by atoms with E-state index >= 15 is 0 Å². The highest BCUT2D eigenvalue weighted by molar-refractivity contribution is 9.12. The van der Waals surface area contributed by atoms with Gasteiger partial charge in [-0.05, 0) is 28.4 Å². The monoisotopic (exact) mass is 338 g/mol. The molecule has 94 valence electrons. The summed E-state index contributed by atoms with van der Waals surface area (Å²) in [7, 11) is -3.73. The topological polar surface area (TPSA) is 51.2 Å². The van der Waals surface area contributed by atoms with Crippen molar-refractivity contribution in [3.63, 3.8) is 0 Å². The number of hydrogen-bond acceptors (Lipinski definition) is 3. The van der Waals surface area contributed by atoms with E-state index in [1.165, 1.54) is 6.92 Å². The smallest absolute Gasteiger partial charge is 0.261 e. The number of hydrogen-bond donors (Lipinski definition) is 0. The van der Waals surface area contributed by atoms with Gasteiger partial charge in [0.2, 0.25) is 5.78 Å². The highest BCUT2D eigenvalue weighted by Crippen LogP contribution is 2.35. The first-order valence-electron chi connectivity index (χ1n) is 4.94. The van der Waals surface area contributed by atoms with Gasteiger partial charge in [0.25, 0.3) is 3.12 Å². The first kappa shape index (κ1) is 14.7. The third kappa shape index (κ3) is 2.72. The number of benzene rings is 1. The van der Waals surface area contributed by atoms with E-state index in [0.717, 1.165) is 0 Å². The molecule has 0 aliphatic carbocycles. The molecular weight excluding hydrogens is 328 g/mol. The Labute approximate surface area is 114 Å². The minimum atomic E-state index is -3.73. The lowest BCUT2D eigenvalue weighted by atomic mass is 10.1. The number of halogens is 2. The molecule has 1 aromatic rings. The standard InChI is InChI=1S/C11H12BrClO3S/c1-3-17(15,16)11(12,13)10(14)9-7-5-4-6-8(9)2/h4-7H,3H2,1-2H3/t11-/m0/s1. The van der Waals surface area contributed by atoms with Gasteiger partial charge in [-0.25, -0.2) is 8.42 Å². The Hall–Kier alpha value is -0.390. The van der Waals surface area contributed by atoms with Gasteiger partial charge in [0, 0.05) is 5.56 Å². The number of carbonyl (C=O) groups is 1. The first-order chi connectivity index (χ1) is 7.74. The molecule has 0 aromatic heterocycles. The van der Waals surface area contributed by atoms with Crippen LogP contribution in [0.25, 0.3) is 0 Å². The average molecular weight is 340 g/mol. The summed E-state index contributed by atoms with van der Waals surface area (Å²) < 4.78 is 21.4. The number of sulfone groups is 1. The molecule has 0 heterocycles. The van der Waals surface area contributed by atoms with E-state index in [1.54, 1.807) is 31.2 Å². The molecule has 0 aliphatic heterocycles. The molecule has 0 saturated heterocycles. The number of ketones is 1. The van der Waals surface area contributed by atoms with Gasteiger partial charge in [-0.3, -0.25) is 4.79 Å². The molecular formula is C11H12BrClO3S. The van der Waals surface area contributed by atoms with Gasteiger partial charge in [-0.15, -0.1) is 0 Å². The van der Waals surface area contributed by atoms with Gasteiger partial charge in [0.1, 0.15) is 0 Å². The summed E-state index contributed by atoms with van der Waals surface area (Å²) in [6, 6.07) is 6.72. The van der Waals surface area contributed by atoms with Crippen LogP contribution < -0.4 is 0 Å². The maximum absolute atomic E-state index is 12.1. The van der Waals surface area contributed by atoms with Crippen molar-refractivity contribution in [2.45, 2.75) is 17.0 Å². The van der Waals surface area contributed by atoms with Crippen molar-refractivity contribution in [3.8, 4) is 0 Å². The number of carbonyl (C=O) groups excluding carboxylic acids is 1. The third-order valence-corrected chi connectivity index (χ3v) is 6.87. The van der Waals surface area contributed by atoms with Crippen molar-refractivity contribution in [2.75, 3.05) is 5.75 Å². The maximum atomic E-state index is 12.1. The second kappa shape index (κ2) is 5.08. The van der Waals surface area contributed by atoms with Crippen LogP contribution in [0.1, 0.15) is 22.8 Å². The Morgan fingerprint density at radius 3 is 2.41 bits per heavy atom. The lowest BCUT2D eigenvalue weighted by Crippen LogP contribution is -2.36. The Bertz CT molecular complexity index is 537. The fourth-order valence-electron chi connectivity index (χ4n) is 1.31. The van der Waals surface area contributed by atoms with E-state index in [2.05, 4.69) is 15.9 Å². The molecule has 1 rings (SSSR count). The second-order valence-corrected chi connectivity index (χ2v) is 8.95. The van der Waals surface area contributed by atoms with Crippen LogP contribution in [-0.4, -0.2) is 23.1 Å². The molecule has 0 spiro atoms. The molecule has 0 amide bonds. The molecule has 0 aliphatic rings. The normalized spacial score (nSPS) is 15.3. The van der Waals surface area contributed by atoms with E-state index in [9.17, 15) is 13.2 Å². The van der Waals surface area contributed by atoms with E-state index in [1.807, 2.05) is 0 Å². The fraction of sp³-hybridized carbons (Fsp3) is 0.364. The Balaban J connectivity index is 3.28. The molecule has 0 N–H and O–H groups in total. The highest BCUT2D eigenvalue weighted by atomic mass is 79.9. The predicted molar refractivity (Wildman–Crippen MR) is 72.5 cm³/mol. The van der Waals surface area contributed by atoms with Gasteiger partial charge >= 0.3 is 0 Å². The molecule has 0 unspecified atom stereocenters. The highest BCUT2D eigenvalue weighted by Gasteiger charge is 2.46. The molecule has 17 heavy (non-hydrogen) atoms. The van der Waals surface area contributed by atoms with E-state index < -0.39 is 18.7 Å². The summed E-state index contributed by atoms with van der Waals surface area (Å²) in [6.45, 7) is 3.17. The summed E-state index contributed by atoms with van der Waals surface area (Å²) in [6.07, 6.45) is 0. The van der Waals surface area contributed by atoms with Gasteiger partial charge in [-0.2, -0.15) is 0 Å². The fourth-order valence-corrected chi connectivity index (χ4v) is 3.39. The zero-order valence-corrected chi connectivity index (χ0v) is 12.6. The van der Waals surface area contributed by atoms with Crippen LogP contribution in [0.5, 0.6) is 0 Å². The van der Waals surface area contributed by atoms with Gasteiger partial charge < -0.3 is 0 Å². The first-order valence-corrected chi connectivity index (χ1v) is 7.77. The summed E-state index contributed by atoms with van der Waals surface area (Å²) in [4.78, 5) is 12.1. The summed E-state index contributed by atoms with van der Waals surface area (Å²) in [5, 5.41) is 0. The predicted octanol–water partition coefficient (Wildman–Crippen LogP) is 2.90. The molecule has 1 atom stereocenters. The Morgan fingerprint density at radius 2 is 1.94 bits per heavy atom. The SMILES string of the molecule is CCS(=O)(=O)[C@](Cl)(Br)C(=O)c1ccccc1C. The van der Waals surface area contributed by atoms with Crippen molar-refractivity contribution in [1.82, 2.24) is 0 Å². The molecule has 0 radical (unpaired) electrons. The molecule has 0 bridgehead atoms. The Morgan fingerprint density at radius 1 is 1.41 bits per heavy atom. The van der Waals surface area contributed by atoms with Gasteiger partial charge in [-0.1, -0.05) is 42.8 Å². The minimum Gasteiger partial charge on any atom is -0.290 e. The lowest BCUT2D eigenvalue weighted by molar-refractivity contribution is 0.0999. The zero-order valence-electron chi connectivity index (χ0n) is 9.41. The zero-order chi connectivity index (χ0) is 13.3. The van der Waals surface area contributed by atoms with Crippen LogP contribution in [0.2, 0.25) is 0 Å². The van der Waals surface area contributed by atoms with E-state index in [4.69, 9.17) is 11.6 Å². The van der Waals surface area contributed by atoms with E-state index in [-0.39, 0.29) is 5.75 Å². The van der Waals surface area contributed by atoms with Crippen LogP contribution in [-0.2, 0) is 9.84 Å². The number of rotatable bonds is 4. The van der Waals surface area contributed by atoms with Crippen molar-refractivity contribution in [2.24, 2.45) is 0 Å². The van der Waals surface area contributed by atoms with Gasteiger partial charge in [0.05, 0.1) is 5.75 Å². The van der Waals surface area contributed by atoms with Crippen molar-refractivity contribution >= 4 is 43.2 Å². The summed E-state index contributed by atoms with van der Waals surface area (Å²) >= 11 is 8.69. The van der Waals surface area contributed by atoms with Crippen LogP contribution in [0.15, 0.2) is 24.3 Å². The van der Waals surface area contributed by atoms with Gasteiger partial charge in [0.15, 0.2) is 9.84 Å². The van der Waals surface area contributed by atoms with Crippen molar-refractivity contribution in [1.29, 1.82) is 0 Å². The van der Waals surface area contributed by atoms with Crippen LogP contribution in [0.3, 0.4) is 0 Å². The van der Waals surface area contributed by atoms with E-state index in [0.29, 0.717) is 11.1 Å². The van der Waals surface area contributed by atoms with Crippen molar-refractivity contribution < 1.29 is 13.2 Å². The summed E-state index contributed by atoms with van der Waals surface area (Å²) in [5.41, 5.74) is 0.990. The molecule has 0 saturated carbocycles. The number of alkyl halides is 2. The molecule has 1 aromatic carbocycles. The Kier molecular flexibility index (Phi) is 4.38. The quantitative estimate of drug-likeness (QED) is 0.626. The molecule has 6 heteroatoms.